The predicted molar refractivity (Wildman–Crippen MR) is 64.5 cm³/mol. The number of amides is 1. The van der Waals surface area contributed by atoms with E-state index in [1.165, 1.54) is 0 Å². The second-order valence-corrected chi connectivity index (χ2v) is 5.66. The first-order valence-electron chi connectivity index (χ1n) is 6.02. The molecule has 0 aromatic heterocycles. The average molecular weight is 228 g/mol. The van der Waals surface area contributed by atoms with E-state index < -0.39 is 5.60 Å². The van der Waals surface area contributed by atoms with E-state index in [-0.39, 0.29) is 6.09 Å². The molecule has 1 aliphatic heterocycles. The summed E-state index contributed by atoms with van der Waals surface area (Å²) < 4.78 is 5.18. The van der Waals surface area contributed by atoms with Gasteiger partial charge in [-0.25, -0.2) is 4.79 Å². The molecule has 1 atom stereocenters. The maximum absolute atomic E-state index is 11.4. The zero-order chi connectivity index (χ0) is 12.3. The van der Waals surface area contributed by atoms with Crippen molar-refractivity contribution in [3.05, 3.63) is 0 Å². The third kappa shape index (κ3) is 4.00. The lowest BCUT2D eigenvalue weighted by Crippen LogP contribution is -2.56. The molecule has 0 aliphatic carbocycles. The summed E-state index contributed by atoms with van der Waals surface area (Å²) in [5, 5.41) is 2.82. The van der Waals surface area contributed by atoms with Crippen molar-refractivity contribution >= 4 is 6.09 Å². The first kappa shape index (κ1) is 13.3. The molecule has 0 bridgehead atoms. The van der Waals surface area contributed by atoms with Crippen molar-refractivity contribution in [1.82, 2.24) is 10.2 Å². The van der Waals surface area contributed by atoms with Gasteiger partial charge in [0.2, 0.25) is 0 Å². The Labute approximate surface area is 98.3 Å². The third-order valence-corrected chi connectivity index (χ3v) is 2.73. The van der Waals surface area contributed by atoms with E-state index in [1.54, 1.807) is 0 Å². The maximum atomic E-state index is 11.4. The van der Waals surface area contributed by atoms with E-state index in [0.29, 0.717) is 18.6 Å². The molecule has 16 heavy (non-hydrogen) atoms. The number of hydrogen-bond donors (Lipinski definition) is 1. The van der Waals surface area contributed by atoms with Gasteiger partial charge in [-0.1, -0.05) is 0 Å². The van der Waals surface area contributed by atoms with Crippen LogP contribution in [-0.2, 0) is 4.74 Å². The Bertz CT molecular complexity index is 246. The normalized spacial score (nSPS) is 21.8. The van der Waals surface area contributed by atoms with E-state index in [1.807, 2.05) is 20.8 Å². The van der Waals surface area contributed by atoms with Crippen molar-refractivity contribution in [1.29, 1.82) is 0 Å². The second kappa shape index (κ2) is 5.04. The van der Waals surface area contributed by atoms with Crippen molar-refractivity contribution in [3.63, 3.8) is 0 Å². The SMILES string of the molecule is CC(C)N1CCC1CNC(=O)OC(C)(C)C. The molecule has 0 spiro atoms. The van der Waals surface area contributed by atoms with Crippen LogP contribution in [0.2, 0.25) is 0 Å². The molecule has 0 aromatic rings. The Kier molecular flexibility index (Phi) is 4.19. The standard InChI is InChI=1S/C12H24N2O2/c1-9(2)14-7-6-10(14)8-13-11(15)16-12(3,4)5/h9-10H,6-8H2,1-5H3,(H,13,15). The largest absolute Gasteiger partial charge is 0.444 e. The number of carbonyl (C=O) groups is 1. The van der Waals surface area contributed by atoms with Crippen molar-refractivity contribution in [2.75, 3.05) is 13.1 Å². The summed E-state index contributed by atoms with van der Waals surface area (Å²) in [5.74, 6) is 0. The van der Waals surface area contributed by atoms with Crippen LogP contribution < -0.4 is 5.32 Å². The molecule has 1 fully saturated rings. The predicted octanol–water partition coefficient (Wildman–Crippen LogP) is 1.99. The maximum Gasteiger partial charge on any atom is 0.407 e. The van der Waals surface area contributed by atoms with E-state index in [4.69, 9.17) is 4.74 Å². The van der Waals surface area contributed by atoms with Gasteiger partial charge in [0, 0.05) is 25.2 Å². The number of ether oxygens (including phenoxy) is 1. The number of likely N-dealkylation sites (tertiary alicyclic amines) is 1. The molecule has 1 aliphatic rings. The molecule has 1 saturated heterocycles. The topological polar surface area (TPSA) is 41.6 Å². The van der Waals surface area contributed by atoms with Gasteiger partial charge in [0.25, 0.3) is 0 Å². The molecule has 94 valence electrons. The highest BCUT2D eigenvalue weighted by atomic mass is 16.6. The highest BCUT2D eigenvalue weighted by Crippen LogP contribution is 2.19. The van der Waals surface area contributed by atoms with E-state index >= 15 is 0 Å². The van der Waals surface area contributed by atoms with Crippen LogP contribution in [0.25, 0.3) is 0 Å². The lowest BCUT2D eigenvalue weighted by Gasteiger charge is -2.44. The zero-order valence-electron chi connectivity index (χ0n) is 11.0. The summed E-state index contributed by atoms with van der Waals surface area (Å²) in [7, 11) is 0. The molecule has 1 rings (SSSR count). The van der Waals surface area contributed by atoms with Gasteiger partial charge in [-0.05, 0) is 41.0 Å². The van der Waals surface area contributed by atoms with Crippen LogP contribution in [0.1, 0.15) is 41.0 Å². The number of alkyl carbamates (subject to hydrolysis) is 1. The number of rotatable bonds is 3. The van der Waals surface area contributed by atoms with Gasteiger partial charge in [0.1, 0.15) is 5.60 Å². The molecule has 1 heterocycles. The first-order chi connectivity index (χ1) is 7.29. The molecule has 4 heteroatoms. The molecule has 1 unspecified atom stereocenters. The Morgan fingerprint density at radius 2 is 2.12 bits per heavy atom. The summed E-state index contributed by atoms with van der Waals surface area (Å²) in [6, 6.07) is 1.03. The second-order valence-electron chi connectivity index (χ2n) is 5.66. The number of carbonyl (C=O) groups excluding carboxylic acids is 1. The molecular weight excluding hydrogens is 204 g/mol. The van der Waals surface area contributed by atoms with Crippen LogP contribution in [0.4, 0.5) is 4.79 Å². The van der Waals surface area contributed by atoms with Crippen LogP contribution in [0.3, 0.4) is 0 Å². The molecule has 1 amide bonds. The Hall–Kier alpha value is -0.770. The van der Waals surface area contributed by atoms with E-state index in [2.05, 4.69) is 24.1 Å². The van der Waals surface area contributed by atoms with Crippen molar-refractivity contribution in [2.24, 2.45) is 0 Å². The molecule has 0 saturated carbocycles. The monoisotopic (exact) mass is 228 g/mol. The van der Waals surface area contributed by atoms with Crippen LogP contribution in [-0.4, -0.2) is 41.8 Å². The van der Waals surface area contributed by atoms with Gasteiger partial charge in [0.15, 0.2) is 0 Å². The van der Waals surface area contributed by atoms with E-state index in [9.17, 15) is 4.79 Å². The highest BCUT2D eigenvalue weighted by Gasteiger charge is 2.30. The number of nitrogens with one attached hydrogen (secondary N) is 1. The summed E-state index contributed by atoms with van der Waals surface area (Å²) in [5.41, 5.74) is -0.415. The third-order valence-electron chi connectivity index (χ3n) is 2.73. The smallest absolute Gasteiger partial charge is 0.407 e. The van der Waals surface area contributed by atoms with E-state index in [0.717, 1.165) is 13.0 Å². The van der Waals surface area contributed by atoms with Gasteiger partial charge < -0.3 is 10.1 Å². The summed E-state index contributed by atoms with van der Waals surface area (Å²) in [4.78, 5) is 13.8. The fourth-order valence-corrected chi connectivity index (χ4v) is 1.88. The minimum atomic E-state index is -0.415. The summed E-state index contributed by atoms with van der Waals surface area (Å²) in [6.45, 7) is 11.8. The molecule has 0 radical (unpaired) electrons. The minimum absolute atomic E-state index is 0.317. The van der Waals surface area contributed by atoms with Crippen LogP contribution >= 0.6 is 0 Å². The average Bonchev–Trinajstić information content (AvgIpc) is 1.96. The molecular formula is C12H24N2O2. The molecule has 0 aromatic carbocycles. The fourth-order valence-electron chi connectivity index (χ4n) is 1.88. The number of hydrogen-bond acceptors (Lipinski definition) is 3. The van der Waals surface area contributed by atoms with Gasteiger partial charge in [0.05, 0.1) is 0 Å². The van der Waals surface area contributed by atoms with Gasteiger partial charge in [-0.15, -0.1) is 0 Å². The lowest BCUT2D eigenvalue weighted by atomic mass is 10.0. The Balaban J connectivity index is 2.23. The highest BCUT2D eigenvalue weighted by molar-refractivity contribution is 5.67. The molecule has 1 N–H and O–H groups in total. The van der Waals surface area contributed by atoms with Gasteiger partial charge in [-0.3, -0.25) is 4.90 Å². The van der Waals surface area contributed by atoms with Gasteiger partial charge >= 0.3 is 6.09 Å². The van der Waals surface area contributed by atoms with Crippen molar-refractivity contribution < 1.29 is 9.53 Å². The Morgan fingerprint density at radius 3 is 2.50 bits per heavy atom. The molecule has 4 nitrogen and oxygen atoms in total. The fraction of sp³-hybridized carbons (Fsp3) is 0.917. The quantitative estimate of drug-likeness (QED) is 0.803. The van der Waals surface area contributed by atoms with Crippen molar-refractivity contribution in [2.45, 2.75) is 58.7 Å². The first-order valence-corrected chi connectivity index (χ1v) is 6.02. The minimum Gasteiger partial charge on any atom is -0.444 e. The van der Waals surface area contributed by atoms with Crippen LogP contribution in [0, 0.1) is 0 Å². The Morgan fingerprint density at radius 1 is 1.50 bits per heavy atom. The van der Waals surface area contributed by atoms with Crippen molar-refractivity contribution in [3.8, 4) is 0 Å². The zero-order valence-corrected chi connectivity index (χ0v) is 11.0. The number of nitrogens with zero attached hydrogens (tertiary/aromatic N) is 1. The lowest BCUT2D eigenvalue weighted by molar-refractivity contribution is 0.0365. The summed E-state index contributed by atoms with van der Waals surface area (Å²) >= 11 is 0. The van der Waals surface area contributed by atoms with Gasteiger partial charge in [-0.2, -0.15) is 0 Å². The van der Waals surface area contributed by atoms with Crippen LogP contribution in [0.15, 0.2) is 0 Å². The van der Waals surface area contributed by atoms with Crippen LogP contribution in [0.5, 0.6) is 0 Å². The summed E-state index contributed by atoms with van der Waals surface area (Å²) in [6.07, 6.45) is 0.844.